The number of nitrogens with zero attached hydrogens (tertiary/aromatic N) is 1. The van der Waals surface area contributed by atoms with Gasteiger partial charge in [-0.2, -0.15) is 0 Å². The van der Waals surface area contributed by atoms with Gasteiger partial charge in [0.1, 0.15) is 10.6 Å². The highest BCUT2D eigenvalue weighted by atomic mass is 35.7. The molecule has 0 saturated carbocycles. The third-order valence-corrected chi connectivity index (χ3v) is 4.10. The van der Waals surface area contributed by atoms with E-state index in [1.54, 1.807) is 18.2 Å². The smallest absolute Gasteiger partial charge is 0.263 e. The largest absolute Gasteiger partial charge is 0.493 e. The average Bonchev–Trinajstić information content (AvgIpc) is 2.37. The molecule has 2 rings (SSSR count). The van der Waals surface area contributed by atoms with Crippen LogP contribution in [-0.4, -0.2) is 20.0 Å². The van der Waals surface area contributed by atoms with Crippen molar-refractivity contribution >= 4 is 30.6 Å². The highest BCUT2D eigenvalue weighted by Crippen LogP contribution is 2.31. The summed E-state index contributed by atoms with van der Waals surface area (Å²) in [5, 5.41) is 0.621. The fourth-order valence-electron chi connectivity index (χ4n) is 1.78. The van der Waals surface area contributed by atoms with Gasteiger partial charge in [-0.3, -0.25) is 4.98 Å². The second-order valence-corrected chi connectivity index (χ2v) is 6.99. The van der Waals surface area contributed by atoms with Crippen molar-refractivity contribution in [2.75, 3.05) is 6.61 Å². The lowest BCUT2D eigenvalue weighted by atomic mass is 10.2. The van der Waals surface area contributed by atoms with Crippen molar-refractivity contribution in [1.82, 2.24) is 4.98 Å². The van der Waals surface area contributed by atoms with E-state index in [4.69, 9.17) is 15.4 Å². The molecule has 1 aromatic carbocycles. The fraction of sp³-hybridized carbons (Fsp3) is 0.214. The highest BCUT2D eigenvalue weighted by Gasteiger charge is 2.17. The van der Waals surface area contributed by atoms with Crippen LogP contribution in [0, 0.1) is 0 Å². The molecule has 1 heterocycles. The van der Waals surface area contributed by atoms with Crippen LogP contribution in [-0.2, 0) is 9.05 Å². The van der Waals surface area contributed by atoms with Gasteiger partial charge in [0.2, 0.25) is 0 Å². The predicted molar refractivity (Wildman–Crippen MR) is 79.7 cm³/mol. The molecule has 4 nitrogen and oxygen atoms in total. The normalized spacial score (nSPS) is 11.5. The Bertz CT molecular complexity index is 756. The molecule has 0 aliphatic heterocycles. The molecule has 1 aromatic heterocycles. The van der Waals surface area contributed by atoms with Crippen molar-refractivity contribution in [3.63, 3.8) is 0 Å². The minimum absolute atomic E-state index is 0.0120. The summed E-state index contributed by atoms with van der Waals surface area (Å²) in [4.78, 5) is 4.08. The van der Waals surface area contributed by atoms with Crippen LogP contribution in [0.3, 0.4) is 0 Å². The molecule has 0 atom stereocenters. The van der Waals surface area contributed by atoms with E-state index < -0.39 is 9.05 Å². The number of hydrogen-bond acceptors (Lipinski definition) is 4. The lowest BCUT2D eigenvalue weighted by molar-refractivity contribution is 0.325. The molecule has 0 fully saturated rings. The number of aromatic nitrogens is 1. The summed E-state index contributed by atoms with van der Waals surface area (Å²) in [6, 6.07) is 6.48. The molecule has 106 valence electrons. The van der Waals surface area contributed by atoms with E-state index in [9.17, 15) is 8.42 Å². The Labute approximate surface area is 122 Å². The SMILES string of the molecule is C=C(C)CCOc1ccc(S(=O)(=O)Cl)c2ncccc12. The molecule has 6 heteroatoms. The molecule has 0 aliphatic carbocycles. The van der Waals surface area contributed by atoms with Crippen LogP contribution < -0.4 is 4.74 Å². The van der Waals surface area contributed by atoms with Crippen LogP contribution in [0.5, 0.6) is 5.75 Å². The van der Waals surface area contributed by atoms with E-state index in [2.05, 4.69) is 11.6 Å². The molecule has 0 N–H and O–H groups in total. The topological polar surface area (TPSA) is 56.3 Å². The second kappa shape index (κ2) is 5.81. The van der Waals surface area contributed by atoms with Gasteiger partial charge in [-0.15, -0.1) is 6.58 Å². The van der Waals surface area contributed by atoms with Gasteiger partial charge in [0.15, 0.2) is 0 Å². The van der Waals surface area contributed by atoms with Gasteiger partial charge in [0.25, 0.3) is 9.05 Å². The van der Waals surface area contributed by atoms with Gasteiger partial charge in [0.05, 0.1) is 12.1 Å². The minimum atomic E-state index is -3.84. The van der Waals surface area contributed by atoms with Gasteiger partial charge in [-0.1, -0.05) is 5.57 Å². The van der Waals surface area contributed by atoms with Crippen molar-refractivity contribution in [2.24, 2.45) is 0 Å². The number of rotatable bonds is 5. The number of fused-ring (bicyclic) bond motifs is 1. The van der Waals surface area contributed by atoms with Crippen LogP contribution in [0.15, 0.2) is 47.5 Å². The van der Waals surface area contributed by atoms with E-state index in [0.717, 1.165) is 12.0 Å². The number of halogens is 1. The van der Waals surface area contributed by atoms with Crippen LogP contribution in [0.1, 0.15) is 13.3 Å². The summed E-state index contributed by atoms with van der Waals surface area (Å²) in [5.41, 5.74) is 1.34. The third-order valence-electron chi connectivity index (χ3n) is 2.74. The van der Waals surface area contributed by atoms with E-state index in [1.807, 2.05) is 6.92 Å². The second-order valence-electron chi connectivity index (χ2n) is 4.45. The van der Waals surface area contributed by atoms with Crippen LogP contribution >= 0.6 is 10.7 Å². The molecule has 0 unspecified atom stereocenters. The minimum Gasteiger partial charge on any atom is -0.493 e. The van der Waals surface area contributed by atoms with Gasteiger partial charge in [-0.05, 0) is 31.2 Å². The Morgan fingerprint density at radius 2 is 2.15 bits per heavy atom. The zero-order valence-electron chi connectivity index (χ0n) is 11.0. The van der Waals surface area contributed by atoms with E-state index in [0.29, 0.717) is 23.3 Å². The predicted octanol–water partition coefficient (Wildman–Crippen LogP) is 3.51. The molecule has 0 amide bonds. The quantitative estimate of drug-likeness (QED) is 0.626. The van der Waals surface area contributed by atoms with E-state index >= 15 is 0 Å². The molecule has 2 aromatic rings. The summed E-state index contributed by atoms with van der Waals surface area (Å²) in [5.74, 6) is 0.582. The highest BCUT2D eigenvalue weighted by molar-refractivity contribution is 8.14. The zero-order chi connectivity index (χ0) is 14.8. The Hall–Kier alpha value is -1.59. The summed E-state index contributed by atoms with van der Waals surface area (Å²) in [7, 11) is 1.58. The first-order valence-electron chi connectivity index (χ1n) is 5.99. The first-order chi connectivity index (χ1) is 9.39. The van der Waals surface area contributed by atoms with Gasteiger partial charge < -0.3 is 4.74 Å². The number of ether oxygens (including phenoxy) is 1. The number of hydrogen-bond donors (Lipinski definition) is 0. The van der Waals surface area contributed by atoms with Gasteiger partial charge >= 0.3 is 0 Å². The number of benzene rings is 1. The van der Waals surface area contributed by atoms with Crippen molar-refractivity contribution in [1.29, 1.82) is 0 Å². The third kappa shape index (κ3) is 3.29. The first kappa shape index (κ1) is 14.8. The molecule has 0 spiro atoms. The average molecular weight is 312 g/mol. The summed E-state index contributed by atoms with van der Waals surface area (Å²) >= 11 is 0. The van der Waals surface area contributed by atoms with Crippen molar-refractivity contribution in [3.05, 3.63) is 42.6 Å². The maximum atomic E-state index is 11.5. The molecule has 0 aliphatic rings. The van der Waals surface area contributed by atoms with Crippen molar-refractivity contribution in [3.8, 4) is 5.75 Å². The monoisotopic (exact) mass is 311 g/mol. The molecular weight excluding hydrogens is 298 g/mol. The first-order valence-corrected chi connectivity index (χ1v) is 8.30. The number of pyridine rings is 1. The summed E-state index contributed by atoms with van der Waals surface area (Å²) in [6.07, 6.45) is 2.25. The maximum absolute atomic E-state index is 11.5. The fourth-order valence-corrected chi connectivity index (χ4v) is 2.78. The zero-order valence-corrected chi connectivity index (χ0v) is 12.5. The summed E-state index contributed by atoms with van der Waals surface area (Å²) < 4.78 is 28.7. The lowest BCUT2D eigenvalue weighted by Gasteiger charge is -2.10. The van der Waals surface area contributed by atoms with Crippen LogP contribution in [0.2, 0.25) is 0 Å². The Morgan fingerprint density at radius 3 is 2.80 bits per heavy atom. The molecule has 0 bridgehead atoms. The lowest BCUT2D eigenvalue weighted by Crippen LogP contribution is -2.00. The Balaban J connectivity index is 2.46. The van der Waals surface area contributed by atoms with Crippen LogP contribution in [0.25, 0.3) is 10.9 Å². The summed E-state index contributed by atoms with van der Waals surface area (Å²) in [6.45, 7) is 6.21. The van der Waals surface area contributed by atoms with Crippen molar-refractivity contribution < 1.29 is 13.2 Å². The molecule has 0 saturated heterocycles. The Kier molecular flexibility index (Phi) is 4.30. The van der Waals surface area contributed by atoms with Gasteiger partial charge in [0, 0.05) is 28.7 Å². The van der Waals surface area contributed by atoms with Gasteiger partial charge in [-0.25, -0.2) is 8.42 Å². The molecule has 20 heavy (non-hydrogen) atoms. The van der Waals surface area contributed by atoms with Crippen LogP contribution in [0.4, 0.5) is 0 Å². The molecular formula is C14H14ClNO3S. The van der Waals surface area contributed by atoms with Crippen molar-refractivity contribution in [2.45, 2.75) is 18.2 Å². The standard InChI is InChI=1S/C14H14ClNO3S/c1-10(2)7-9-19-12-5-6-13(20(15,17)18)14-11(12)4-3-8-16-14/h3-6,8H,1,7,9H2,2H3. The van der Waals surface area contributed by atoms with E-state index in [1.165, 1.54) is 12.3 Å². The van der Waals surface area contributed by atoms with E-state index in [-0.39, 0.29) is 4.90 Å². The Morgan fingerprint density at radius 1 is 1.40 bits per heavy atom. The maximum Gasteiger partial charge on any atom is 0.263 e. The molecule has 0 radical (unpaired) electrons.